The molecule has 0 N–H and O–H groups in total. The fourth-order valence-corrected chi connectivity index (χ4v) is 2.67. The molecule has 0 atom stereocenters. The van der Waals surface area contributed by atoms with E-state index in [1.165, 1.54) is 24.9 Å². The van der Waals surface area contributed by atoms with E-state index in [0.717, 1.165) is 12.8 Å². The Morgan fingerprint density at radius 1 is 1.06 bits per heavy atom. The molecule has 1 fully saturated rings. The van der Waals surface area contributed by atoms with Crippen molar-refractivity contribution in [2.45, 2.75) is 37.8 Å². The van der Waals surface area contributed by atoms with Gasteiger partial charge in [0.25, 0.3) is 0 Å². The molecule has 0 spiro atoms. The first-order chi connectivity index (χ1) is 7.78. The van der Waals surface area contributed by atoms with Crippen molar-refractivity contribution in [2.75, 3.05) is 19.1 Å². The minimum absolute atomic E-state index is 0.0837. The van der Waals surface area contributed by atoms with Gasteiger partial charge < -0.3 is 9.64 Å². The lowest BCUT2D eigenvalue weighted by Gasteiger charge is -2.44. The molecule has 0 aromatic heterocycles. The van der Waals surface area contributed by atoms with Gasteiger partial charge in [0, 0.05) is 19.8 Å². The number of hydrogen-bond acceptors (Lipinski definition) is 2. The van der Waals surface area contributed by atoms with Crippen LogP contribution in [0.5, 0.6) is 0 Å². The zero-order chi connectivity index (χ0) is 11.4. The van der Waals surface area contributed by atoms with Crippen LogP contribution in [0, 0.1) is 0 Å². The van der Waals surface area contributed by atoms with Gasteiger partial charge in [-0.1, -0.05) is 24.6 Å². The van der Waals surface area contributed by atoms with Crippen LogP contribution >= 0.6 is 0 Å². The number of nitrogens with zero attached hydrogens (tertiary/aromatic N) is 1. The largest absolute Gasteiger partial charge is 0.359 e. The molecule has 0 heterocycles. The van der Waals surface area contributed by atoms with E-state index in [2.05, 4.69) is 42.3 Å². The molecule has 2 heteroatoms. The summed E-state index contributed by atoms with van der Waals surface area (Å²) in [6, 6.07) is 10.5. The van der Waals surface area contributed by atoms with Gasteiger partial charge in [-0.15, -0.1) is 0 Å². The van der Waals surface area contributed by atoms with Crippen LogP contribution in [-0.2, 0) is 4.74 Å². The number of methoxy groups -OCH3 is 1. The van der Waals surface area contributed by atoms with Gasteiger partial charge >= 0.3 is 0 Å². The number of rotatable bonds is 3. The monoisotopic (exact) mass is 219 g/mol. The van der Waals surface area contributed by atoms with E-state index < -0.39 is 0 Å². The molecule has 0 amide bonds. The molecule has 0 bridgehead atoms. The zero-order valence-electron chi connectivity index (χ0n) is 10.3. The van der Waals surface area contributed by atoms with Crippen LogP contribution in [-0.4, -0.2) is 19.9 Å². The smallest absolute Gasteiger partial charge is 0.140 e. The lowest BCUT2D eigenvalue weighted by atomic mass is 9.90. The number of hydrogen-bond donors (Lipinski definition) is 0. The highest BCUT2D eigenvalue weighted by Crippen LogP contribution is 2.36. The fourth-order valence-electron chi connectivity index (χ4n) is 2.67. The summed E-state index contributed by atoms with van der Waals surface area (Å²) in [6.07, 6.45) is 6.15. The summed E-state index contributed by atoms with van der Waals surface area (Å²) in [5, 5.41) is 0. The lowest BCUT2D eigenvalue weighted by molar-refractivity contribution is -0.0375. The molecule has 1 aliphatic carbocycles. The molecule has 2 nitrogen and oxygen atoms in total. The Hall–Kier alpha value is -1.02. The molecule has 88 valence electrons. The van der Waals surface area contributed by atoms with Gasteiger partial charge in [-0.3, -0.25) is 0 Å². The number of ether oxygens (including phenoxy) is 1. The average molecular weight is 219 g/mol. The first-order valence-corrected chi connectivity index (χ1v) is 6.12. The zero-order valence-corrected chi connectivity index (χ0v) is 10.3. The summed E-state index contributed by atoms with van der Waals surface area (Å²) in [5.74, 6) is 0. The molecular weight excluding hydrogens is 198 g/mol. The third kappa shape index (κ3) is 2.07. The van der Waals surface area contributed by atoms with Crippen LogP contribution in [0.4, 0.5) is 5.69 Å². The molecule has 0 radical (unpaired) electrons. The van der Waals surface area contributed by atoms with Crippen LogP contribution < -0.4 is 4.90 Å². The normalized spacial score (nSPS) is 19.4. The number of para-hydroxylation sites is 1. The first-order valence-electron chi connectivity index (χ1n) is 6.12. The Balaban J connectivity index is 2.20. The predicted octanol–water partition coefficient (Wildman–Crippen LogP) is 3.43. The van der Waals surface area contributed by atoms with Gasteiger partial charge in [0.2, 0.25) is 0 Å². The highest BCUT2D eigenvalue weighted by atomic mass is 16.5. The van der Waals surface area contributed by atoms with Crippen LogP contribution in [0.15, 0.2) is 30.3 Å². The van der Waals surface area contributed by atoms with Crippen LogP contribution in [0.1, 0.15) is 32.1 Å². The van der Waals surface area contributed by atoms with Crippen molar-refractivity contribution in [1.82, 2.24) is 0 Å². The van der Waals surface area contributed by atoms with Crippen molar-refractivity contribution >= 4 is 5.69 Å². The van der Waals surface area contributed by atoms with Gasteiger partial charge in [-0.2, -0.15) is 0 Å². The third-order valence-electron chi connectivity index (χ3n) is 3.77. The van der Waals surface area contributed by atoms with Gasteiger partial charge in [-0.05, 0) is 37.8 Å². The molecule has 1 aromatic rings. The fraction of sp³-hybridized carbons (Fsp3) is 0.571. The number of benzene rings is 1. The first kappa shape index (κ1) is 11.5. The van der Waals surface area contributed by atoms with Crippen molar-refractivity contribution < 1.29 is 4.74 Å². The highest BCUT2D eigenvalue weighted by molar-refractivity contribution is 5.47. The van der Waals surface area contributed by atoms with E-state index in [0.29, 0.717) is 0 Å². The van der Waals surface area contributed by atoms with E-state index in [4.69, 9.17) is 4.74 Å². The topological polar surface area (TPSA) is 12.5 Å². The maximum atomic E-state index is 5.82. The molecule has 0 unspecified atom stereocenters. The Bertz CT molecular complexity index is 317. The van der Waals surface area contributed by atoms with Crippen molar-refractivity contribution in [2.24, 2.45) is 0 Å². The van der Waals surface area contributed by atoms with Crippen molar-refractivity contribution in [3.05, 3.63) is 30.3 Å². The van der Waals surface area contributed by atoms with Gasteiger partial charge in [0.1, 0.15) is 5.72 Å². The lowest BCUT2D eigenvalue weighted by Crippen LogP contribution is -2.49. The SMILES string of the molecule is COC1(N(C)c2ccccc2)CCCCC1. The third-order valence-corrected chi connectivity index (χ3v) is 3.77. The minimum Gasteiger partial charge on any atom is -0.359 e. The Labute approximate surface area is 98.2 Å². The second kappa shape index (κ2) is 4.88. The quantitative estimate of drug-likeness (QED) is 0.722. The van der Waals surface area contributed by atoms with E-state index in [9.17, 15) is 0 Å². The predicted molar refractivity (Wildman–Crippen MR) is 67.7 cm³/mol. The van der Waals surface area contributed by atoms with E-state index in [1.807, 2.05) is 7.11 Å². The van der Waals surface area contributed by atoms with E-state index in [-0.39, 0.29) is 5.72 Å². The van der Waals surface area contributed by atoms with Crippen molar-refractivity contribution in [3.63, 3.8) is 0 Å². The van der Waals surface area contributed by atoms with Gasteiger partial charge in [0.05, 0.1) is 0 Å². The van der Waals surface area contributed by atoms with Gasteiger partial charge in [-0.25, -0.2) is 0 Å². The number of anilines is 1. The summed E-state index contributed by atoms with van der Waals surface area (Å²) in [4.78, 5) is 2.30. The maximum absolute atomic E-state index is 5.82. The standard InChI is InChI=1S/C14H21NO/c1-15(13-9-5-3-6-10-13)14(16-2)11-7-4-8-12-14/h3,5-6,9-10H,4,7-8,11-12H2,1-2H3. The van der Waals surface area contributed by atoms with E-state index >= 15 is 0 Å². The van der Waals surface area contributed by atoms with Crippen molar-refractivity contribution in [1.29, 1.82) is 0 Å². The van der Waals surface area contributed by atoms with Gasteiger partial charge in [0.15, 0.2) is 0 Å². The minimum atomic E-state index is -0.0837. The van der Waals surface area contributed by atoms with Crippen LogP contribution in [0.25, 0.3) is 0 Å². The molecule has 1 aromatic carbocycles. The molecule has 16 heavy (non-hydrogen) atoms. The molecule has 1 saturated carbocycles. The molecular formula is C14H21NO. The highest BCUT2D eigenvalue weighted by Gasteiger charge is 2.36. The summed E-state index contributed by atoms with van der Waals surface area (Å²) < 4.78 is 5.82. The maximum Gasteiger partial charge on any atom is 0.140 e. The summed E-state index contributed by atoms with van der Waals surface area (Å²) in [7, 11) is 3.98. The second-order valence-corrected chi connectivity index (χ2v) is 4.61. The summed E-state index contributed by atoms with van der Waals surface area (Å²) >= 11 is 0. The molecule has 2 rings (SSSR count). The molecule has 0 aliphatic heterocycles. The Morgan fingerprint density at radius 2 is 1.69 bits per heavy atom. The van der Waals surface area contributed by atoms with E-state index in [1.54, 1.807) is 0 Å². The summed E-state index contributed by atoms with van der Waals surface area (Å²) in [5.41, 5.74) is 1.16. The molecule has 1 aliphatic rings. The van der Waals surface area contributed by atoms with Crippen LogP contribution in [0.3, 0.4) is 0 Å². The van der Waals surface area contributed by atoms with Crippen molar-refractivity contribution in [3.8, 4) is 0 Å². The summed E-state index contributed by atoms with van der Waals surface area (Å²) in [6.45, 7) is 0. The molecule has 0 saturated heterocycles. The second-order valence-electron chi connectivity index (χ2n) is 4.61. The average Bonchev–Trinajstić information content (AvgIpc) is 2.39. The Morgan fingerprint density at radius 3 is 2.25 bits per heavy atom. The van der Waals surface area contributed by atoms with Crippen LogP contribution in [0.2, 0.25) is 0 Å². The Kier molecular flexibility index (Phi) is 3.49.